The zero-order valence-electron chi connectivity index (χ0n) is 15.1. The Morgan fingerprint density at radius 1 is 1.33 bits per heavy atom. The molecule has 0 spiro atoms. The number of hydrogen-bond acceptors (Lipinski definition) is 6. The van der Waals surface area contributed by atoms with Crippen LogP contribution in [0.25, 0.3) is 23.0 Å². The van der Waals surface area contributed by atoms with E-state index in [1.165, 1.54) is 0 Å². The average Bonchev–Trinajstić information content (AvgIpc) is 3.15. The zero-order valence-corrected chi connectivity index (χ0v) is 15.1. The molecule has 4 rings (SSSR count). The Labute approximate surface area is 155 Å². The van der Waals surface area contributed by atoms with E-state index >= 15 is 0 Å². The van der Waals surface area contributed by atoms with Gasteiger partial charge in [-0.2, -0.15) is 4.98 Å². The number of ether oxygens (including phenoxy) is 2. The minimum absolute atomic E-state index is 0.225. The van der Waals surface area contributed by atoms with Gasteiger partial charge in [0.1, 0.15) is 5.75 Å². The van der Waals surface area contributed by atoms with Crippen LogP contribution in [0, 0.1) is 0 Å². The molecule has 0 atom stereocenters. The summed E-state index contributed by atoms with van der Waals surface area (Å²) in [6.07, 6.45) is 2.48. The van der Waals surface area contributed by atoms with Crippen LogP contribution < -0.4 is 10.3 Å². The molecule has 1 aliphatic rings. The van der Waals surface area contributed by atoms with Crippen molar-refractivity contribution in [2.75, 3.05) is 13.7 Å². The van der Waals surface area contributed by atoms with Crippen LogP contribution >= 0.6 is 0 Å². The SMILES string of the molecule is COc1cccc(/C(C)=C/c2nc(-c3cc4c([nH]c3=O)CCOC4)no2)c1. The van der Waals surface area contributed by atoms with Crippen LogP contribution in [0.3, 0.4) is 0 Å². The summed E-state index contributed by atoms with van der Waals surface area (Å²) in [6, 6.07) is 9.48. The molecule has 1 aromatic carbocycles. The Bertz CT molecular complexity index is 1070. The van der Waals surface area contributed by atoms with Crippen LogP contribution in [0.2, 0.25) is 0 Å². The number of hydrogen-bond donors (Lipinski definition) is 1. The molecule has 3 heterocycles. The summed E-state index contributed by atoms with van der Waals surface area (Å²) in [5.74, 6) is 1.36. The van der Waals surface area contributed by atoms with Crippen molar-refractivity contribution in [2.45, 2.75) is 20.0 Å². The second kappa shape index (κ2) is 7.20. The van der Waals surface area contributed by atoms with Gasteiger partial charge in [0.15, 0.2) is 0 Å². The predicted octanol–water partition coefficient (Wildman–Crippen LogP) is 3.07. The normalized spacial score (nSPS) is 14.1. The van der Waals surface area contributed by atoms with Crippen LogP contribution in [0.1, 0.15) is 29.6 Å². The maximum atomic E-state index is 12.4. The van der Waals surface area contributed by atoms with E-state index in [9.17, 15) is 4.79 Å². The number of benzene rings is 1. The fourth-order valence-electron chi connectivity index (χ4n) is 3.03. The second-order valence-corrected chi connectivity index (χ2v) is 6.33. The molecule has 1 N–H and O–H groups in total. The average molecular weight is 365 g/mol. The first-order valence-electron chi connectivity index (χ1n) is 8.63. The lowest BCUT2D eigenvalue weighted by Crippen LogP contribution is -2.19. The molecule has 3 aromatic rings. The van der Waals surface area contributed by atoms with Crippen molar-refractivity contribution in [1.82, 2.24) is 15.1 Å². The summed E-state index contributed by atoms with van der Waals surface area (Å²) in [4.78, 5) is 19.6. The Balaban J connectivity index is 1.65. The number of fused-ring (bicyclic) bond motifs is 1. The first kappa shape index (κ1) is 17.2. The zero-order chi connectivity index (χ0) is 18.8. The number of allylic oxidation sites excluding steroid dienone is 1. The van der Waals surface area contributed by atoms with Gasteiger partial charge in [-0.05, 0) is 41.8 Å². The number of aromatic nitrogens is 3. The van der Waals surface area contributed by atoms with E-state index in [1.54, 1.807) is 19.3 Å². The van der Waals surface area contributed by atoms with Crippen molar-refractivity contribution >= 4 is 11.6 Å². The van der Waals surface area contributed by atoms with E-state index in [4.69, 9.17) is 14.0 Å². The van der Waals surface area contributed by atoms with Gasteiger partial charge in [0.25, 0.3) is 11.4 Å². The van der Waals surface area contributed by atoms with Crippen LogP contribution in [0.4, 0.5) is 0 Å². The lowest BCUT2D eigenvalue weighted by Gasteiger charge is -2.15. The van der Waals surface area contributed by atoms with Crippen LogP contribution in [0.5, 0.6) is 5.75 Å². The molecular weight excluding hydrogens is 346 g/mol. The first-order chi connectivity index (χ1) is 13.1. The fourth-order valence-corrected chi connectivity index (χ4v) is 3.03. The van der Waals surface area contributed by atoms with Gasteiger partial charge in [0.05, 0.1) is 25.9 Å². The fraction of sp³-hybridized carbons (Fsp3) is 0.250. The standard InChI is InChI=1S/C20H19N3O4/c1-12(13-4-3-5-15(9-13)25-2)8-18-22-19(23-27-18)16-10-14-11-26-7-6-17(14)21-20(16)24/h3-5,8-10H,6-7,11H2,1-2H3,(H,21,24)/b12-8+. The molecule has 1 aliphatic heterocycles. The number of nitrogens with one attached hydrogen (secondary N) is 1. The minimum Gasteiger partial charge on any atom is -0.497 e. The summed E-state index contributed by atoms with van der Waals surface area (Å²) in [5.41, 5.74) is 3.94. The predicted molar refractivity (Wildman–Crippen MR) is 100 cm³/mol. The molecule has 27 heavy (non-hydrogen) atoms. The molecule has 0 bridgehead atoms. The highest BCUT2D eigenvalue weighted by atomic mass is 16.5. The molecule has 0 saturated carbocycles. The topological polar surface area (TPSA) is 90.2 Å². The van der Waals surface area contributed by atoms with E-state index < -0.39 is 0 Å². The van der Waals surface area contributed by atoms with Crippen LogP contribution in [-0.4, -0.2) is 28.8 Å². The van der Waals surface area contributed by atoms with Crippen molar-refractivity contribution in [1.29, 1.82) is 0 Å². The Morgan fingerprint density at radius 2 is 2.22 bits per heavy atom. The van der Waals surface area contributed by atoms with Crippen molar-refractivity contribution in [3.05, 3.63) is 63.4 Å². The number of pyridine rings is 1. The van der Waals surface area contributed by atoms with Gasteiger partial charge in [0.2, 0.25) is 5.82 Å². The first-order valence-corrected chi connectivity index (χ1v) is 8.63. The molecular formula is C20H19N3O4. The highest BCUT2D eigenvalue weighted by molar-refractivity contribution is 5.78. The lowest BCUT2D eigenvalue weighted by atomic mass is 10.1. The molecule has 0 unspecified atom stereocenters. The van der Waals surface area contributed by atoms with Crippen molar-refractivity contribution in [2.24, 2.45) is 0 Å². The molecule has 0 saturated heterocycles. The number of methoxy groups -OCH3 is 1. The summed E-state index contributed by atoms with van der Waals surface area (Å²) in [6.45, 7) is 3.03. The molecule has 7 heteroatoms. The number of aromatic amines is 1. The van der Waals surface area contributed by atoms with Gasteiger partial charge in [-0.1, -0.05) is 17.3 Å². The van der Waals surface area contributed by atoms with Gasteiger partial charge in [-0.3, -0.25) is 4.79 Å². The van der Waals surface area contributed by atoms with Crippen molar-refractivity contribution in [3.8, 4) is 17.1 Å². The molecule has 2 aromatic heterocycles. The molecule has 7 nitrogen and oxygen atoms in total. The third-order valence-electron chi connectivity index (χ3n) is 4.52. The van der Waals surface area contributed by atoms with E-state index in [0.29, 0.717) is 31.1 Å². The van der Waals surface area contributed by atoms with Gasteiger partial charge < -0.3 is 19.0 Å². The van der Waals surface area contributed by atoms with Crippen molar-refractivity contribution in [3.63, 3.8) is 0 Å². The van der Waals surface area contributed by atoms with Gasteiger partial charge in [0, 0.05) is 18.2 Å². The quantitative estimate of drug-likeness (QED) is 0.764. The van der Waals surface area contributed by atoms with Crippen molar-refractivity contribution < 1.29 is 14.0 Å². The van der Waals surface area contributed by atoms with Gasteiger partial charge in [-0.25, -0.2) is 0 Å². The largest absolute Gasteiger partial charge is 0.497 e. The van der Waals surface area contributed by atoms with Crippen LogP contribution in [0.15, 0.2) is 39.6 Å². The Morgan fingerprint density at radius 3 is 3.07 bits per heavy atom. The maximum Gasteiger partial charge on any atom is 0.259 e. The Hall–Kier alpha value is -3.19. The van der Waals surface area contributed by atoms with E-state index in [1.807, 2.05) is 31.2 Å². The summed E-state index contributed by atoms with van der Waals surface area (Å²) < 4.78 is 16.0. The van der Waals surface area contributed by atoms with Crippen LogP contribution in [-0.2, 0) is 17.8 Å². The smallest absolute Gasteiger partial charge is 0.259 e. The second-order valence-electron chi connectivity index (χ2n) is 6.33. The number of rotatable bonds is 4. The monoisotopic (exact) mass is 365 g/mol. The summed E-state index contributed by atoms with van der Waals surface area (Å²) in [7, 11) is 1.63. The Kier molecular flexibility index (Phi) is 4.60. The highest BCUT2D eigenvalue weighted by Crippen LogP contribution is 2.23. The number of nitrogens with zero attached hydrogens (tertiary/aromatic N) is 2. The third kappa shape index (κ3) is 3.54. The molecule has 0 fully saturated rings. The maximum absolute atomic E-state index is 12.4. The molecule has 0 aliphatic carbocycles. The van der Waals surface area contributed by atoms with E-state index in [2.05, 4.69) is 15.1 Å². The summed E-state index contributed by atoms with van der Waals surface area (Å²) in [5, 5.41) is 3.96. The molecule has 138 valence electrons. The third-order valence-corrected chi connectivity index (χ3v) is 4.52. The summed E-state index contributed by atoms with van der Waals surface area (Å²) >= 11 is 0. The van der Waals surface area contributed by atoms with Gasteiger partial charge >= 0.3 is 0 Å². The molecule has 0 amide bonds. The van der Waals surface area contributed by atoms with E-state index in [0.717, 1.165) is 28.1 Å². The van der Waals surface area contributed by atoms with E-state index in [-0.39, 0.29) is 11.4 Å². The molecule has 0 radical (unpaired) electrons. The lowest BCUT2D eigenvalue weighted by molar-refractivity contribution is 0.109. The number of H-pyrrole nitrogens is 1. The minimum atomic E-state index is -0.225. The van der Waals surface area contributed by atoms with Gasteiger partial charge in [-0.15, -0.1) is 0 Å². The highest BCUT2D eigenvalue weighted by Gasteiger charge is 2.17.